The van der Waals surface area contributed by atoms with Gasteiger partial charge in [0.05, 0.1) is 23.5 Å². The SMILES string of the molecule is O=C1CC(c2cccc(NC(=O)Nc3cccc(Cl)c3)c2)=Nc2cscc2N1. The van der Waals surface area contributed by atoms with E-state index in [1.807, 2.05) is 22.9 Å². The van der Waals surface area contributed by atoms with Crippen molar-refractivity contribution in [3.8, 4) is 0 Å². The van der Waals surface area contributed by atoms with Gasteiger partial charge in [0.15, 0.2) is 0 Å². The minimum atomic E-state index is -0.389. The van der Waals surface area contributed by atoms with Crippen molar-refractivity contribution >= 4 is 63.3 Å². The zero-order valence-electron chi connectivity index (χ0n) is 14.5. The van der Waals surface area contributed by atoms with Crippen LogP contribution in [0.3, 0.4) is 0 Å². The molecular weight excluding hydrogens is 396 g/mol. The Hall–Kier alpha value is -3.16. The summed E-state index contributed by atoms with van der Waals surface area (Å²) >= 11 is 7.41. The van der Waals surface area contributed by atoms with Crippen LogP contribution in [0.4, 0.5) is 27.5 Å². The largest absolute Gasteiger partial charge is 0.323 e. The maximum atomic E-state index is 12.3. The van der Waals surface area contributed by atoms with Crippen LogP contribution in [0.2, 0.25) is 5.02 Å². The highest BCUT2D eigenvalue weighted by Crippen LogP contribution is 2.32. The summed E-state index contributed by atoms with van der Waals surface area (Å²) in [5, 5.41) is 12.6. The Bertz CT molecular complexity index is 1090. The second-order valence-electron chi connectivity index (χ2n) is 6.12. The first-order chi connectivity index (χ1) is 13.6. The fourth-order valence-electron chi connectivity index (χ4n) is 2.80. The zero-order chi connectivity index (χ0) is 19.5. The molecule has 0 atom stereocenters. The minimum absolute atomic E-state index is 0.118. The van der Waals surface area contributed by atoms with Crippen molar-refractivity contribution in [2.75, 3.05) is 16.0 Å². The summed E-state index contributed by atoms with van der Waals surface area (Å²) in [6, 6.07) is 13.8. The third kappa shape index (κ3) is 4.21. The van der Waals surface area contributed by atoms with Crippen LogP contribution in [0.1, 0.15) is 12.0 Å². The van der Waals surface area contributed by atoms with Crippen molar-refractivity contribution in [3.63, 3.8) is 0 Å². The number of aliphatic imine (C=N–C) groups is 1. The minimum Gasteiger partial charge on any atom is -0.323 e. The zero-order valence-corrected chi connectivity index (χ0v) is 16.1. The molecule has 0 spiro atoms. The van der Waals surface area contributed by atoms with E-state index < -0.39 is 0 Å². The number of hydrogen-bond acceptors (Lipinski definition) is 4. The highest BCUT2D eigenvalue weighted by atomic mass is 35.5. The van der Waals surface area contributed by atoms with E-state index in [2.05, 4.69) is 20.9 Å². The summed E-state index contributed by atoms with van der Waals surface area (Å²) in [7, 11) is 0. The van der Waals surface area contributed by atoms with Gasteiger partial charge in [-0.25, -0.2) is 9.79 Å². The maximum Gasteiger partial charge on any atom is 0.323 e. The van der Waals surface area contributed by atoms with Gasteiger partial charge < -0.3 is 16.0 Å². The van der Waals surface area contributed by atoms with Gasteiger partial charge in [0, 0.05) is 27.2 Å². The van der Waals surface area contributed by atoms with Gasteiger partial charge in [-0.2, -0.15) is 0 Å². The molecule has 0 aliphatic carbocycles. The number of thiophene rings is 1. The molecule has 0 saturated carbocycles. The van der Waals surface area contributed by atoms with Crippen LogP contribution < -0.4 is 16.0 Å². The van der Waals surface area contributed by atoms with Gasteiger partial charge in [-0.3, -0.25) is 4.79 Å². The van der Waals surface area contributed by atoms with Crippen LogP contribution in [-0.2, 0) is 4.79 Å². The molecule has 140 valence electrons. The molecule has 2 aromatic carbocycles. The van der Waals surface area contributed by atoms with Crippen LogP contribution in [0.15, 0.2) is 64.3 Å². The summed E-state index contributed by atoms with van der Waals surface area (Å²) in [6.07, 6.45) is 0.164. The lowest BCUT2D eigenvalue weighted by Crippen LogP contribution is -2.20. The van der Waals surface area contributed by atoms with Crippen molar-refractivity contribution in [1.29, 1.82) is 0 Å². The second kappa shape index (κ2) is 7.84. The molecular formula is C20H15ClN4O2S. The molecule has 6 nitrogen and oxygen atoms in total. The van der Waals surface area contributed by atoms with Crippen LogP contribution >= 0.6 is 22.9 Å². The number of amides is 3. The van der Waals surface area contributed by atoms with Crippen molar-refractivity contribution in [3.05, 3.63) is 69.9 Å². The Morgan fingerprint density at radius 2 is 1.82 bits per heavy atom. The molecule has 0 radical (unpaired) electrons. The van der Waals surface area contributed by atoms with E-state index in [0.717, 1.165) is 16.9 Å². The Kier molecular flexibility index (Phi) is 5.10. The van der Waals surface area contributed by atoms with Gasteiger partial charge in [0.1, 0.15) is 0 Å². The number of urea groups is 1. The van der Waals surface area contributed by atoms with Crippen molar-refractivity contribution in [2.45, 2.75) is 6.42 Å². The first-order valence-corrected chi connectivity index (χ1v) is 9.76. The van der Waals surface area contributed by atoms with Gasteiger partial charge in [0.2, 0.25) is 5.91 Å². The Morgan fingerprint density at radius 3 is 2.61 bits per heavy atom. The highest BCUT2D eigenvalue weighted by molar-refractivity contribution is 7.09. The van der Waals surface area contributed by atoms with Gasteiger partial charge >= 0.3 is 6.03 Å². The molecule has 8 heteroatoms. The average Bonchev–Trinajstić information content (AvgIpc) is 3.01. The number of halogens is 1. The summed E-state index contributed by atoms with van der Waals surface area (Å²) < 4.78 is 0. The number of nitrogens with zero attached hydrogens (tertiary/aromatic N) is 1. The molecule has 3 N–H and O–H groups in total. The Morgan fingerprint density at radius 1 is 1.07 bits per heavy atom. The molecule has 0 fully saturated rings. The molecule has 3 aromatic rings. The molecule has 1 aromatic heterocycles. The van der Waals surface area contributed by atoms with Crippen molar-refractivity contribution < 1.29 is 9.59 Å². The van der Waals surface area contributed by atoms with Crippen molar-refractivity contribution in [1.82, 2.24) is 0 Å². The molecule has 2 heterocycles. The number of nitrogens with one attached hydrogen (secondary N) is 3. The number of carbonyl (C=O) groups is 2. The van der Waals surface area contributed by atoms with Gasteiger partial charge in [-0.1, -0.05) is 29.8 Å². The number of fused-ring (bicyclic) bond motifs is 1. The lowest BCUT2D eigenvalue weighted by molar-refractivity contribution is -0.115. The molecule has 1 aliphatic heterocycles. The standard InChI is InChI=1S/C20H15ClN4O2S/c21-13-4-2-6-15(8-13)23-20(27)22-14-5-1-3-12(7-14)16-9-19(26)25-18-11-28-10-17(18)24-16/h1-8,10-11H,9H2,(H,25,26)(H2,22,23,27). The summed E-state index contributed by atoms with van der Waals surface area (Å²) in [6.45, 7) is 0. The molecule has 0 saturated heterocycles. The number of benzene rings is 2. The van der Waals surface area contributed by atoms with Gasteiger partial charge in [-0.05, 0) is 35.9 Å². The molecule has 0 unspecified atom stereocenters. The first-order valence-electron chi connectivity index (χ1n) is 8.44. The van der Waals surface area contributed by atoms with Gasteiger partial charge in [0.25, 0.3) is 0 Å². The predicted molar refractivity (Wildman–Crippen MR) is 114 cm³/mol. The lowest BCUT2D eigenvalue weighted by Gasteiger charge is -2.10. The van der Waals surface area contributed by atoms with Crippen LogP contribution in [0, 0.1) is 0 Å². The molecule has 1 aliphatic rings. The topological polar surface area (TPSA) is 82.6 Å². The quantitative estimate of drug-likeness (QED) is 0.532. The molecule has 28 heavy (non-hydrogen) atoms. The first kappa shape index (κ1) is 18.2. The molecule has 0 bridgehead atoms. The second-order valence-corrected chi connectivity index (χ2v) is 7.30. The highest BCUT2D eigenvalue weighted by Gasteiger charge is 2.18. The van der Waals surface area contributed by atoms with E-state index in [9.17, 15) is 9.59 Å². The van der Waals surface area contributed by atoms with E-state index in [-0.39, 0.29) is 18.4 Å². The number of rotatable bonds is 3. The van der Waals surface area contributed by atoms with Crippen LogP contribution in [0.25, 0.3) is 0 Å². The average molecular weight is 411 g/mol. The molecule has 4 rings (SSSR count). The fourth-order valence-corrected chi connectivity index (χ4v) is 3.69. The lowest BCUT2D eigenvalue weighted by atomic mass is 10.1. The van der Waals surface area contributed by atoms with E-state index >= 15 is 0 Å². The monoisotopic (exact) mass is 410 g/mol. The number of anilines is 3. The summed E-state index contributed by atoms with van der Waals surface area (Å²) in [5.41, 5.74) is 4.07. The van der Waals surface area contributed by atoms with E-state index in [1.165, 1.54) is 11.3 Å². The normalized spacial score (nSPS) is 13.0. The predicted octanol–water partition coefficient (Wildman–Crippen LogP) is 5.51. The fraction of sp³-hybridized carbons (Fsp3) is 0.0500. The van der Waals surface area contributed by atoms with Crippen molar-refractivity contribution in [2.24, 2.45) is 4.99 Å². The number of hydrogen-bond donors (Lipinski definition) is 3. The maximum absolute atomic E-state index is 12.3. The Balaban J connectivity index is 1.53. The summed E-state index contributed by atoms with van der Waals surface area (Å²) in [4.78, 5) is 29.0. The number of carbonyl (C=O) groups excluding carboxylic acids is 2. The molecule has 3 amide bonds. The van der Waals surface area contributed by atoms with Crippen LogP contribution in [0.5, 0.6) is 0 Å². The summed E-state index contributed by atoms with van der Waals surface area (Å²) in [5.74, 6) is -0.118. The van der Waals surface area contributed by atoms with E-state index in [4.69, 9.17) is 11.6 Å². The Labute approximate surface area is 170 Å². The van der Waals surface area contributed by atoms with Crippen LogP contribution in [-0.4, -0.2) is 17.6 Å². The van der Waals surface area contributed by atoms with E-state index in [1.54, 1.807) is 36.4 Å². The third-order valence-electron chi connectivity index (χ3n) is 4.04. The third-order valence-corrected chi connectivity index (χ3v) is 5.00. The van der Waals surface area contributed by atoms with E-state index in [0.29, 0.717) is 22.1 Å². The smallest absolute Gasteiger partial charge is 0.323 e. The van der Waals surface area contributed by atoms with Gasteiger partial charge in [-0.15, -0.1) is 11.3 Å².